The van der Waals surface area contributed by atoms with Crippen molar-refractivity contribution in [3.8, 4) is 5.75 Å². The van der Waals surface area contributed by atoms with Crippen molar-refractivity contribution in [1.82, 2.24) is 0 Å². The predicted molar refractivity (Wildman–Crippen MR) is 95.2 cm³/mol. The smallest absolute Gasteiger partial charge is 0.237 e. The fourth-order valence-electron chi connectivity index (χ4n) is 1.89. The minimum Gasteiger partial charge on any atom is -0.497 e. The molecule has 0 aliphatic rings. The molecule has 2 rings (SSSR count). The van der Waals surface area contributed by atoms with Crippen molar-refractivity contribution < 1.29 is 9.53 Å². The number of carbonyl (C=O) groups excluding carboxylic acids is 1. The molecule has 1 N–H and O–H groups in total. The highest BCUT2D eigenvalue weighted by atomic mass is 32.2. The Bertz CT molecular complexity index is 629. The molecule has 0 aliphatic carbocycles. The molecule has 3 nitrogen and oxygen atoms in total. The molecule has 2 aromatic carbocycles. The van der Waals surface area contributed by atoms with E-state index in [2.05, 4.69) is 5.32 Å². The number of para-hydroxylation sites is 1. The summed E-state index contributed by atoms with van der Waals surface area (Å²) in [6.07, 6.45) is 2.00. The molecule has 0 aromatic heterocycles. The van der Waals surface area contributed by atoms with Crippen molar-refractivity contribution in [2.24, 2.45) is 0 Å². The van der Waals surface area contributed by atoms with E-state index < -0.39 is 0 Å². The van der Waals surface area contributed by atoms with Crippen LogP contribution < -0.4 is 10.1 Å². The maximum absolute atomic E-state index is 12.3. The van der Waals surface area contributed by atoms with Gasteiger partial charge >= 0.3 is 0 Å². The van der Waals surface area contributed by atoms with E-state index >= 15 is 0 Å². The summed E-state index contributed by atoms with van der Waals surface area (Å²) < 4.78 is 5.14. The molecule has 1 atom stereocenters. The van der Waals surface area contributed by atoms with Crippen LogP contribution in [0.3, 0.4) is 0 Å². The van der Waals surface area contributed by atoms with Crippen molar-refractivity contribution >= 4 is 35.1 Å². The average Bonchev–Trinajstić information content (AvgIpc) is 2.56. The van der Waals surface area contributed by atoms with E-state index in [-0.39, 0.29) is 11.2 Å². The van der Waals surface area contributed by atoms with Crippen LogP contribution in [-0.4, -0.2) is 24.5 Å². The number of carbonyl (C=O) groups is 1. The van der Waals surface area contributed by atoms with Crippen LogP contribution >= 0.6 is 23.5 Å². The van der Waals surface area contributed by atoms with Gasteiger partial charge in [0.2, 0.25) is 5.91 Å². The first-order chi connectivity index (χ1) is 10.6. The number of hydrogen-bond donors (Lipinski definition) is 1. The van der Waals surface area contributed by atoms with Gasteiger partial charge in [-0.05, 0) is 49.6 Å². The third-order valence-corrected chi connectivity index (χ3v) is 5.01. The second-order valence-corrected chi connectivity index (χ2v) is 6.89. The topological polar surface area (TPSA) is 38.3 Å². The van der Waals surface area contributed by atoms with Crippen molar-refractivity contribution in [3.05, 3.63) is 48.5 Å². The lowest BCUT2D eigenvalue weighted by atomic mass is 10.3. The highest BCUT2D eigenvalue weighted by Crippen LogP contribution is 2.28. The van der Waals surface area contributed by atoms with E-state index in [9.17, 15) is 4.79 Å². The van der Waals surface area contributed by atoms with Crippen molar-refractivity contribution in [3.63, 3.8) is 0 Å². The summed E-state index contributed by atoms with van der Waals surface area (Å²) in [6, 6.07) is 15.5. The Morgan fingerprint density at radius 3 is 2.45 bits per heavy atom. The number of benzene rings is 2. The number of thioether (sulfide) groups is 2. The van der Waals surface area contributed by atoms with E-state index in [1.807, 2.05) is 61.7 Å². The van der Waals surface area contributed by atoms with Crippen LogP contribution in [0.1, 0.15) is 6.92 Å². The van der Waals surface area contributed by atoms with Gasteiger partial charge in [-0.25, -0.2) is 0 Å². The van der Waals surface area contributed by atoms with Gasteiger partial charge in [0, 0.05) is 9.79 Å². The van der Waals surface area contributed by atoms with E-state index in [4.69, 9.17) is 4.74 Å². The fourth-order valence-corrected chi connectivity index (χ4v) is 3.32. The minimum atomic E-state index is -0.177. The van der Waals surface area contributed by atoms with E-state index in [1.54, 1.807) is 18.9 Å². The van der Waals surface area contributed by atoms with Gasteiger partial charge < -0.3 is 10.1 Å². The molecule has 0 aliphatic heterocycles. The minimum absolute atomic E-state index is 0.00215. The highest BCUT2D eigenvalue weighted by Gasteiger charge is 2.15. The quantitative estimate of drug-likeness (QED) is 0.788. The predicted octanol–water partition coefficient (Wildman–Crippen LogP) is 4.54. The summed E-state index contributed by atoms with van der Waals surface area (Å²) in [5, 5.41) is 2.82. The number of hydrogen-bond acceptors (Lipinski definition) is 4. The summed E-state index contributed by atoms with van der Waals surface area (Å²) in [6.45, 7) is 1.91. The Kier molecular flexibility index (Phi) is 6.21. The maximum Gasteiger partial charge on any atom is 0.237 e. The standard InChI is InChI=1S/C17H19NO2S2/c1-12(22-14-10-8-13(20-2)9-11-14)17(19)18-15-6-4-5-7-16(15)21-3/h4-12H,1-3H3,(H,18,19)/t12-/m1/s1. The molecule has 0 fully saturated rings. The Labute approximate surface area is 139 Å². The van der Waals surface area contributed by atoms with Crippen LogP contribution in [0.4, 0.5) is 5.69 Å². The lowest BCUT2D eigenvalue weighted by Crippen LogP contribution is -2.22. The van der Waals surface area contributed by atoms with Gasteiger partial charge in [0.25, 0.3) is 0 Å². The first-order valence-corrected chi connectivity index (χ1v) is 8.99. The zero-order valence-electron chi connectivity index (χ0n) is 12.8. The van der Waals surface area contributed by atoms with Crippen LogP contribution in [0.2, 0.25) is 0 Å². The maximum atomic E-state index is 12.3. The molecule has 116 valence electrons. The van der Waals surface area contributed by atoms with Gasteiger partial charge in [-0.3, -0.25) is 4.79 Å². The first kappa shape index (κ1) is 16.8. The zero-order valence-corrected chi connectivity index (χ0v) is 14.5. The molecule has 0 saturated carbocycles. The highest BCUT2D eigenvalue weighted by molar-refractivity contribution is 8.00. The van der Waals surface area contributed by atoms with Gasteiger partial charge in [-0.15, -0.1) is 23.5 Å². The van der Waals surface area contributed by atoms with Crippen LogP contribution in [0.5, 0.6) is 5.75 Å². The van der Waals surface area contributed by atoms with Gasteiger partial charge in [0.05, 0.1) is 18.0 Å². The zero-order chi connectivity index (χ0) is 15.9. The van der Waals surface area contributed by atoms with E-state index in [0.29, 0.717) is 0 Å². The normalized spacial score (nSPS) is 11.8. The summed E-state index contributed by atoms with van der Waals surface area (Å²) in [5.41, 5.74) is 0.863. The monoisotopic (exact) mass is 333 g/mol. The second kappa shape index (κ2) is 8.15. The van der Waals surface area contributed by atoms with Gasteiger partial charge in [-0.1, -0.05) is 12.1 Å². The molecule has 0 radical (unpaired) electrons. The largest absolute Gasteiger partial charge is 0.497 e. The summed E-state index contributed by atoms with van der Waals surface area (Å²) in [5.74, 6) is 0.817. The molecule has 22 heavy (non-hydrogen) atoms. The molecule has 0 unspecified atom stereocenters. The SMILES string of the molecule is COc1ccc(S[C@H](C)C(=O)Nc2ccccc2SC)cc1. The Balaban J connectivity index is 1.99. The third kappa shape index (κ3) is 4.45. The number of nitrogens with one attached hydrogen (secondary N) is 1. The number of anilines is 1. The molecule has 0 bridgehead atoms. The summed E-state index contributed by atoms with van der Waals surface area (Å²) in [7, 11) is 1.64. The van der Waals surface area contributed by atoms with Gasteiger partial charge in [0.15, 0.2) is 0 Å². The number of rotatable bonds is 6. The van der Waals surface area contributed by atoms with Crippen molar-refractivity contribution in [1.29, 1.82) is 0 Å². The molecule has 5 heteroatoms. The Morgan fingerprint density at radius 1 is 1.14 bits per heavy atom. The second-order valence-electron chi connectivity index (χ2n) is 4.63. The molecule has 2 aromatic rings. The van der Waals surface area contributed by atoms with Crippen LogP contribution in [0.25, 0.3) is 0 Å². The molecule has 0 heterocycles. The van der Waals surface area contributed by atoms with Crippen molar-refractivity contribution in [2.75, 3.05) is 18.7 Å². The Hall–Kier alpha value is -1.59. The van der Waals surface area contributed by atoms with Crippen molar-refractivity contribution in [2.45, 2.75) is 22.0 Å². The lowest BCUT2D eigenvalue weighted by Gasteiger charge is -2.14. The van der Waals surface area contributed by atoms with Crippen LogP contribution in [-0.2, 0) is 4.79 Å². The van der Waals surface area contributed by atoms with Crippen LogP contribution in [0, 0.1) is 0 Å². The van der Waals surface area contributed by atoms with Crippen LogP contribution in [0.15, 0.2) is 58.3 Å². The summed E-state index contributed by atoms with van der Waals surface area (Å²) in [4.78, 5) is 14.5. The van der Waals surface area contributed by atoms with Gasteiger partial charge in [0.1, 0.15) is 5.75 Å². The average molecular weight is 333 g/mol. The van der Waals surface area contributed by atoms with Gasteiger partial charge in [-0.2, -0.15) is 0 Å². The van der Waals surface area contributed by atoms with E-state index in [1.165, 1.54) is 11.8 Å². The van der Waals surface area contributed by atoms with E-state index in [0.717, 1.165) is 21.2 Å². The molecular formula is C17H19NO2S2. The number of ether oxygens (including phenoxy) is 1. The lowest BCUT2D eigenvalue weighted by molar-refractivity contribution is -0.115. The Morgan fingerprint density at radius 2 is 1.82 bits per heavy atom. The summed E-state index contributed by atoms with van der Waals surface area (Å²) >= 11 is 3.15. The molecule has 0 spiro atoms. The first-order valence-electron chi connectivity index (χ1n) is 6.88. The molecule has 1 amide bonds. The third-order valence-electron chi connectivity index (χ3n) is 3.11. The molecular weight excluding hydrogens is 314 g/mol. The fraction of sp³-hybridized carbons (Fsp3) is 0.235. The number of methoxy groups -OCH3 is 1. The molecule has 0 saturated heterocycles. The number of amides is 1.